The number of hydrogen-bond acceptors (Lipinski definition) is 6. The van der Waals surface area contributed by atoms with E-state index in [0.29, 0.717) is 0 Å². The molecule has 2 aliphatic carbocycles. The number of imidazole rings is 2. The van der Waals surface area contributed by atoms with E-state index in [-0.39, 0.29) is 35.6 Å². The molecule has 2 N–H and O–H groups in total. The van der Waals surface area contributed by atoms with Crippen LogP contribution in [-0.2, 0) is 19.1 Å². The third-order valence-electron chi connectivity index (χ3n) is 8.66. The highest BCUT2D eigenvalue weighted by atomic mass is 16.5. The Hall–Kier alpha value is -4.20. The summed E-state index contributed by atoms with van der Waals surface area (Å²) < 4.78 is 10.0. The Kier molecular flexibility index (Phi) is 7.24. The number of hydrogen-bond donors (Lipinski definition) is 2. The van der Waals surface area contributed by atoms with E-state index in [4.69, 9.17) is 9.47 Å². The average Bonchev–Trinajstić information content (AvgIpc) is 3.81. The number of nitrogens with one attached hydrogen (secondary N) is 2. The highest BCUT2D eigenvalue weighted by Crippen LogP contribution is 2.41. The molecule has 2 fully saturated rings. The lowest BCUT2D eigenvalue weighted by atomic mass is 9.95. The summed E-state index contributed by atoms with van der Waals surface area (Å²) >= 11 is 0. The molecular formula is C32H34N4O4. The van der Waals surface area contributed by atoms with Crippen molar-refractivity contribution < 1.29 is 19.1 Å². The Morgan fingerprint density at radius 3 is 1.38 bits per heavy atom. The van der Waals surface area contributed by atoms with Crippen molar-refractivity contribution in [3.8, 4) is 33.6 Å². The van der Waals surface area contributed by atoms with Crippen LogP contribution < -0.4 is 0 Å². The first-order chi connectivity index (χ1) is 19.6. The summed E-state index contributed by atoms with van der Waals surface area (Å²) in [6.45, 7) is 0. The molecular weight excluding hydrogens is 504 g/mol. The van der Waals surface area contributed by atoms with Gasteiger partial charge in [0.05, 0.1) is 49.8 Å². The van der Waals surface area contributed by atoms with Gasteiger partial charge >= 0.3 is 11.9 Å². The van der Waals surface area contributed by atoms with Gasteiger partial charge in [-0.15, -0.1) is 0 Å². The summed E-state index contributed by atoms with van der Waals surface area (Å²) in [6.07, 6.45) is 9.29. The zero-order chi connectivity index (χ0) is 27.6. The van der Waals surface area contributed by atoms with Gasteiger partial charge in [-0.25, -0.2) is 9.97 Å². The lowest BCUT2D eigenvalue weighted by Crippen LogP contribution is -2.19. The van der Waals surface area contributed by atoms with Crippen molar-refractivity contribution in [2.24, 2.45) is 11.8 Å². The SMILES string of the molecule is COC(=O)C1CCCC1c1ncc(-c2ccc(-c3ccc(-c4cnc(C5CCCC5C(=O)OC)[nH]4)cc3)cc2)[nH]1. The third-order valence-corrected chi connectivity index (χ3v) is 8.66. The van der Waals surface area contributed by atoms with Crippen LogP contribution in [0.25, 0.3) is 33.6 Å². The lowest BCUT2D eigenvalue weighted by Gasteiger charge is -2.15. The number of benzene rings is 2. The number of esters is 2. The van der Waals surface area contributed by atoms with E-state index in [1.165, 1.54) is 14.2 Å². The molecule has 2 aliphatic rings. The van der Waals surface area contributed by atoms with E-state index in [1.54, 1.807) is 0 Å². The van der Waals surface area contributed by atoms with Crippen LogP contribution in [0.2, 0.25) is 0 Å². The maximum absolute atomic E-state index is 12.2. The second kappa shape index (κ2) is 11.1. The molecule has 6 rings (SSSR count). The monoisotopic (exact) mass is 538 g/mol. The van der Waals surface area contributed by atoms with Gasteiger partial charge in [0.2, 0.25) is 0 Å². The fourth-order valence-electron chi connectivity index (χ4n) is 6.47. The fourth-order valence-corrected chi connectivity index (χ4v) is 6.47. The molecule has 0 aliphatic heterocycles. The van der Waals surface area contributed by atoms with E-state index >= 15 is 0 Å². The van der Waals surface area contributed by atoms with Crippen molar-refractivity contribution in [3.05, 3.63) is 72.6 Å². The molecule has 4 unspecified atom stereocenters. The second-order valence-corrected chi connectivity index (χ2v) is 10.9. The predicted molar refractivity (Wildman–Crippen MR) is 151 cm³/mol. The van der Waals surface area contributed by atoms with Crippen LogP contribution in [0.4, 0.5) is 0 Å². The van der Waals surface area contributed by atoms with Crippen LogP contribution in [0.3, 0.4) is 0 Å². The smallest absolute Gasteiger partial charge is 0.309 e. The van der Waals surface area contributed by atoms with Gasteiger partial charge in [-0.2, -0.15) is 0 Å². The van der Waals surface area contributed by atoms with E-state index < -0.39 is 0 Å². The highest BCUT2D eigenvalue weighted by Gasteiger charge is 2.37. The molecule has 0 amide bonds. The van der Waals surface area contributed by atoms with Crippen molar-refractivity contribution in [3.63, 3.8) is 0 Å². The van der Waals surface area contributed by atoms with E-state index in [2.05, 4.69) is 68.5 Å². The molecule has 0 radical (unpaired) electrons. The van der Waals surface area contributed by atoms with Gasteiger partial charge in [-0.3, -0.25) is 9.59 Å². The number of aromatic amines is 2. The average molecular weight is 539 g/mol. The Labute approximate surface area is 233 Å². The van der Waals surface area contributed by atoms with E-state index in [1.807, 2.05) is 12.4 Å². The van der Waals surface area contributed by atoms with Crippen molar-refractivity contribution in [2.75, 3.05) is 14.2 Å². The molecule has 206 valence electrons. The molecule has 0 saturated heterocycles. The van der Waals surface area contributed by atoms with Gasteiger partial charge in [0.1, 0.15) is 11.6 Å². The molecule has 0 spiro atoms. The van der Waals surface area contributed by atoms with Crippen LogP contribution in [0, 0.1) is 11.8 Å². The molecule has 4 atom stereocenters. The molecule has 2 saturated carbocycles. The number of aromatic nitrogens is 4. The minimum Gasteiger partial charge on any atom is -0.469 e. The molecule has 4 aromatic rings. The van der Waals surface area contributed by atoms with Crippen LogP contribution in [-0.4, -0.2) is 46.1 Å². The third kappa shape index (κ3) is 4.94. The lowest BCUT2D eigenvalue weighted by molar-refractivity contribution is -0.146. The van der Waals surface area contributed by atoms with Crippen LogP contribution in [0.15, 0.2) is 60.9 Å². The van der Waals surface area contributed by atoms with Crippen molar-refractivity contribution >= 4 is 11.9 Å². The Balaban J connectivity index is 1.14. The predicted octanol–water partition coefficient (Wildman–Crippen LogP) is 6.25. The number of ether oxygens (including phenoxy) is 2. The normalized spacial score (nSPS) is 22.4. The Bertz CT molecular complexity index is 1370. The van der Waals surface area contributed by atoms with Gasteiger partial charge in [0.15, 0.2) is 0 Å². The summed E-state index contributed by atoms with van der Waals surface area (Å²) in [5.74, 6) is 1.34. The van der Waals surface area contributed by atoms with Gasteiger partial charge < -0.3 is 19.4 Å². The molecule has 2 heterocycles. The van der Waals surface area contributed by atoms with Crippen LogP contribution >= 0.6 is 0 Å². The Morgan fingerprint density at radius 1 is 0.625 bits per heavy atom. The number of carbonyl (C=O) groups excluding carboxylic acids is 2. The number of H-pyrrole nitrogens is 2. The van der Waals surface area contributed by atoms with Gasteiger partial charge in [-0.05, 0) is 47.9 Å². The van der Waals surface area contributed by atoms with E-state index in [0.717, 1.165) is 83.8 Å². The topological polar surface area (TPSA) is 110 Å². The van der Waals surface area contributed by atoms with Crippen LogP contribution in [0.5, 0.6) is 0 Å². The molecule has 2 aromatic carbocycles. The molecule has 0 bridgehead atoms. The molecule has 8 heteroatoms. The number of methoxy groups -OCH3 is 2. The first kappa shape index (κ1) is 26.0. The van der Waals surface area contributed by atoms with Crippen molar-refractivity contribution in [2.45, 2.75) is 50.4 Å². The van der Waals surface area contributed by atoms with Crippen LogP contribution in [0.1, 0.15) is 62.0 Å². The quantitative estimate of drug-likeness (QED) is 0.269. The maximum atomic E-state index is 12.2. The summed E-state index contributed by atoms with van der Waals surface area (Å²) in [6, 6.07) is 16.8. The number of nitrogens with zero attached hydrogens (tertiary/aromatic N) is 2. The molecule has 40 heavy (non-hydrogen) atoms. The zero-order valence-electron chi connectivity index (χ0n) is 22.9. The van der Waals surface area contributed by atoms with Crippen molar-refractivity contribution in [1.29, 1.82) is 0 Å². The largest absolute Gasteiger partial charge is 0.469 e. The summed E-state index contributed by atoms with van der Waals surface area (Å²) in [7, 11) is 2.90. The zero-order valence-corrected chi connectivity index (χ0v) is 22.9. The van der Waals surface area contributed by atoms with Gasteiger partial charge in [0, 0.05) is 11.8 Å². The second-order valence-electron chi connectivity index (χ2n) is 10.9. The summed E-state index contributed by atoms with van der Waals surface area (Å²) in [5, 5.41) is 0. The highest BCUT2D eigenvalue weighted by molar-refractivity contribution is 5.75. The van der Waals surface area contributed by atoms with E-state index in [9.17, 15) is 9.59 Å². The van der Waals surface area contributed by atoms with Gasteiger partial charge in [0.25, 0.3) is 0 Å². The first-order valence-corrected chi connectivity index (χ1v) is 14.0. The van der Waals surface area contributed by atoms with Crippen molar-refractivity contribution in [1.82, 2.24) is 19.9 Å². The number of carbonyl (C=O) groups is 2. The maximum Gasteiger partial charge on any atom is 0.309 e. The number of rotatable bonds is 7. The summed E-state index contributed by atoms with van der Waals surface area (Å²) in [5.41, 5.74) is 6.23. The van der Waals surface area contributed by atoms with Gasteiger partial charge in [-0.1, -0.05) is 61.4 Å². The molecule has 2 aromatic heterocycles. The minimum atomic E-state index is -0.148. The first-order valence-electron chi connectivity index (χ1n) is 14.0. The fraction of sp³-hybridized carbons (Fsp3) is 0.375. The molecule has 8 nitrogen and oxygen atoms in total. The minimum absolute atomic E-state index is 0.0809. The Morgan fingerprint density at radius 2 is 1.00 bits per heavy atom. The summed E-state index contributed by atoms with van der Waals surface area (Å²) in [4.78, 5) is 40.4. The standard InChI is InChI=1S/C32H34N4O4/c1-39-31(37)25-7-3-5-23(25)29-33-17-27(35-29)21-13-9-19(10-14-21)20-11-15-22(16-12-20)28-18-34-30(36-28)24-6-4-8-26(24)32(38)40-2/h9-18,23-26H,3-8H2,1-2H3,(H,33,35)(H,34,36).